The topological polar surface area (TPSA) is 61.5 Å². The standard InChI is InChI=1S/C6H16NO3PS/c1-3-9-11(8,10-4-2)12-6-5-7/h3-7H2,1-2H3. The van der Waals surface area contributed by atoms with Crippen LogP contribution in [0.25, 0.3) is 0 Å². The summed E-state index contributed by atoms with van der Waals surface area (Å²) in [5, 5.41) is 0. The highest BCUT2D eigenvalue weighted by atomic mass is 32.7. The fourth-order valence-electron chi connectivity index (χ4n) is 0.593. The Bertz CT molecular complexity index is 146. The summed E-state index contributed by atoms with van der Waals surface area (Å²) in [7, 11) is 0. The van der Waals surface area contributed by atoms with Gasteiger partial charge in [-0.3, -0.25) is 0 Å². The minimum Gasteiger partial charge on any atom is -0.330 e. The van der Waals surface area contributed by atoms with Crippen LogP contribution in [0.3, 0.4) is 0 Å². The Hall–Kier alpha value is 0.460. The van der Waals surface area contributed by atoms with E-state index in [-0.39, 0.29) is 0 Å². The van der Waals surface area contributed by atoms with Crippen LogP contribution >= 0.6 is 18.2 Å². The van der Waals surface area contributed by atoms with Gasteiger partial charge < -0.3 is 14.8 Å². The van der Waals surface area contributed by atoms with E-state index >= 15 is 0 Å². The third-order valence-electron chi connectivity index (χ3n) is 0.942. The molecule has 0 saturated heterocycles. The van der Waals surface area contributed by atoms with Gasteiger partial charge in [-0.05, 0) is 25.2 Å². The molecule has 4 nitrogen and oxygen atoms in total. The van der Waals surface area contributed by atoms with Gasteiger partial charge in [-0.2, -0.15) is 0 Å². The van der Waals surface area contributed by atoms with Crippen LogP contribution in [-0.4, -0.2) is 25.5 Å². The summed E-state index contributed by atoms with van der Waals surface area (Å²) in [6.07, 6.45) is 0. The van der Waals surface area contributed by atoms with Gasteiger partial charge in [0.2, 0.25) is 0 Å². The van der Waals surface area contributed by atoms with Crippen molar-refractivity contribution in [1.29, 1.82) is 0 Å². The lowest BCUT2D eigenvalue weighted by molar-refractivity contribution is 0.237. The zero-order chi connectivity index (χ0) is 9.45. The first-order valence-corrected chi connectivity index (χ1v) is 7.05. The normalized spacial score (nSPS) is 11.9. The number of nitrogens with two attached hydrogens (primary N) is 1. The Balaban J connectivity index is 3.90. The van der Waals surface area contributed by atoms with Crippen molar-refractivity contribution in [3.05, 3.63) is 0 Å². The van der Waals surface area contributed by atoms with Crippen LogP contribution in [0.15, 0.2) is 0 Å². The average molecular weight is 213 g/mol. The van der Waals surface area contributed by atoms with Crippen molar-refractivity contribution in [2.75, 3.05) is 25.5 Å². The van der Waals surface area contributed by atoms with E-state index in [4.69, 9.17) is 14.8 Å². The molecule has 0 atom stereocenters. The lowest BCUT2D eigenvalue weighted by atomic mass is 10.8. The molecular weight excluding hydrogens is 197 g/mol. The van der Waals surface area contributed by atoms with Crippen molar-refractivity contribution in [3.8, 4) is 0 Å². The molecule has 0 radical (unpaired) electrons. The Kier molecular flexibility index (Phi) is 7.19. The largest absolute Gasteiger partial charge is 0.389 e. The fraction of sp³-hybridized carbons (Fsp3) is 1.00. The van der Waals surface area contributed by atoms with Crippen molar-refractivity contribution in [2.24, 2.45) is 5.73 Å². The first-order chi connectivity index (χ1) is 5.68. The van der Waals surface area contributed by atoms with E-state index in [1.165, 1.54) is 0 Å². The van der Waals surface area contributed by atoms with Crippen LogP contribution in [0, 0.1) is 0 Å². The Morgan fingerprint density at radius 1 is 1.33 bits per heavy atom. The maximum atomic E-state index is 11.6. The van der Waals surface area contributed by atoms with Crippen molar-refractivity contribution in [1.82, 2.24) is 0 Å². The van der Waals surface area contributed by atoms with E-state index in [1.807, 2.05) is 0 Å². The molecule has 0 heterocycles. The van der Waals surface area contributed by atoms with Crippen LogP contribution in [0.5, 0.6) is 0 Å². The maximum absolute atomic E-state index is 11.6. The van der Waals surface area contributed by atoms with Gasteiger partial charge in [-0.25, -0.2) is 4.57 Å². The van der Waals surface area contributed by atoms with Crippen LogP contribution in [0.1, 0.15) is 13.8 Å². The minimum absolute atomic E-state index is 0.398. The molecule has 0 aromatic heterocycles. The lowest BCUT2D eigenvalue weighted by Crippen LogP contribution is -2.02. The van der Waals surface area contributed by atoms with E-state index in [9.17, 15) is 4.57 Å². The highest BCUT2D eigenvalue weighted by Crippen LogP contribution is 2.60. The Morgan fingerprint density at radius 2 is 1.83 bits per heavy atom. The first-order valence-electron chi connectivity index (χ1n) is 3.92. The summed E-state index contributed by atoms with van der Waals surface area (Å²) in [6, 6.07) is 0. The molecule has 6 heteroatoms. The molecule has 12 heavy (non-hydrogen) atoms. The molecule has 0 aliphatic carbocycles. The molecule has 2 N–H and O–H groups in total. The van der Waals surface area contributed by atoms with Crippen molar-refractivity contribution in [2.45, 2.75) is 13.8 Å². The predicted molar refractivity (Wildman–Crippen MR) is 52.4 cm³/mol. The second-order valence-electron chi connectivity index (χ2n) is 1.90. The Labute approximate surface area is 77.5 Å². The molecule has 0 aromatic carbocycles. The molecule has 0 fully saturated rings. The van der Waals surface area contributed by atoms with E-state index < -0.39 is 6.80 Å². The molecule has 0 rings (SSSR count). The molecule has 0 saturated carbocycles. The van der Waals surface area contributed by atoms with Gasteiger partial charge in [0.25, 0.3) is 0 Å². The van der Waals surface area contributed by atoms with Gasteiger partial charge in [-0.1, -0.05) is 0 Å². The third-order valence-corrected chi connectivity index (χ3v) is 4.95. The van der Waals surface area contributed by atoms with Crippen LogP contribution in [0.4, 0.5) is 0 Å². The second-order valence-corrected chi connectivity index (χ2v) is 6.10. The Morgan fingerprint density at radius 3 is 2.17 bits per heavy atom. The summed E-state index contributed by atoms with van der Waals surface area (Å²) in [5.41, 5.74) is 5.27. The summed E-state index contributed by atoms with van der Waals surface area (Å²) in [5.74, 6) is 0.595. The van der Waals surface area contributed by atoms with Gasteiger partial charge in [0.05, 0.1) is 13.2 Å². The zero-order valence-corrected chi connectivity index (χ0v) is 9.20. The minimum atomic E-state index is -2.90. The van der Waals surface area contributed by atoms with Crippen LogP contribution < -0.4 is 5.73 Å². The van der Waals surface area contributed by atoms with E-state index in [0.29, 0.717) is 25.5 Å². The van der Waals surface area contributed by atoms with E-state index in [1.54, 1.807) is 13.8 Å². The molecule has 0 bridgehead atoms. The predicted octanol–water partition coefficient (Wildman–Crippen LogP) is 1.86. The molecule has 0 unspecified atom stereocenters. The molecule has 0 aliphatic rings. The van der Waals surface area contributed by atoms with Gasteiger partial charge in [0, 0.05) is 12.3 Å². The fourth-order valence-corrected chi connectivity index (χ4v) is 3.84. The number of hydrogen-bond acceptors (Lipinski definition) is 5. The molecule has 0 spiro atoms. The smallest absolute Gasteiger partial charge is 0.330 e. The van der Waals surface area contributed by atoms with Gasteiger partial charge >= 0.3 is 6.80 Å². The van der Waals surface area contributed by atoms with Crippen molar-refractivity contribution in [3.63, 3.8) is 0 Å². The van der Waals surface area contributed by atoms with Crippen molar-refractivity contribution >= 4 is 18.2 Å². The first kappa shape index (κ1) is 12.5. The number of rotatable bonds is 7. The highest BCUT2D eigenvalue weighted by molar-refractivity contribution is 8.55. The molecular formula is C6H16NO3PS. The molecule has 0 aromatic rings. The zero-order valence-electron chi connectivity index (χ0n) is 7.49. The van der Waals surface area contributed by atoms with Crippen LogP contribution in [-0.2, 0) is 13.6 Å². The van der Waals surface area contributed by atoms with Gasteiger partial charge in [-0.15, -0.1) is 0 Å². The highest BCUT2D eigenvalue weighted by Gasteiger charge is 2.23. The summed E-state index contributed by atoms with van der Waals surface area (Å²) in [6.45, 7) is 1.95. The maximum Gasteiger partial charge on any atom is 0.389 e. The van der Waals surface area contributed by atoms with Gasteiger partial charge in [0.15, 0.2) is 0 Å². The summed E-state index contributed by atoms with van der Waals surface area (Å²) in [4.78, 5) is 0. The molecule has 0 aliphatic heterocycles. The number of hydrogen-bond donors (Lipinski definition) is 1. The molecule has 74 valence electrons. The molecule has 0 amide bonds. The quantitative estimate of drug-likeness (QED) is 0.654. The van der Waals surface area contributed by atoms with Crippen LogP contribution in [0.2, 0.25) is 0 Å². The SMILES string of the molecule is CCOP(=O)(OCC)SCCN. The summed E-state index contributed by atoms with van der Waals surface area (Å²) >= 11 is 1.16. The summed E-state index contributed by atoms with van der Waals surface area (Å²) < 4.78 is 21.7. The van der Waals surface area contributed by atoms with Gasteiger partial charge in [0.1, 0.15) is 0 Å². The lowest BCUT2D eigenvalue weighted by Gasteiger charge is -2.14. The monoisotopic (exact) mass is 213 g/mol. The third kappa shape index (κ3) is 5.17. The van der Waals surface area contributed by atoms with E-state index in [2.05, 4.69) is 0 Å². The second kappa shape index (κ2) is 6.92. The van der Waals surface area contributed by atoms with Crippen molar-refractivity contribution < 1.29 is 13.6 Å². The van der Waals surface area contributed by atoms with E-state index in [0.717, 1.165) is 11.4 Å². The average Bonchev–Trinajstić information content (AvgIpc) is 2.02.